The van der Waals surface area contributed by atoms with Gasteiger partial charge in [-0.25, -0.2) is 4.52 Å². The Hall–Kier alpha value is -2.56. The van der Waals surface area contributed by atoms with Crippen molar-refractivity contribution in [1.82, 2.24) is 40.2 Å². The molecule has 5 rings (SSSR count). The minimum Gasteiger partial charge on any atom is -0.479 e. The van der Waals surface area contributed by atoms with Gasteiger partial charge in [0.1, 0.15) is 0 Å². The summed E-state index contributed by atoms with van der Waals surface area (Å²) in [5, 5.41) is 28.2. The molecule has 1 amide bonds. The molecule has 2 aliphatic heterocycles. The monoisotopic (exact) mass is 775 g/mol. The van der Waals surface area contributed by atoms with Crippen LogP contribution >= 0.6 is 11.3 Å². The van der Waals surface area contributed by atoms with Crippen molar-refractivity contribution >= 4 is 27.8 Å². The molecule has 0 saturated carbocycles. The van der Waals surface area contributed by atoms with E-state index in [4.69, 9.17) is 11.3 Å². The average molecular weight is 776 g/mol. The van der Waals surface area contributed by atoms with Gasteiger partial charge in [0.2, 0.25) is 11.8 Å². The summed E-state index contributed by atoms with van der Waals surface area (Å²) < 4.78 is 8.80. The third-order valence-electron chi connectivity index (χ3n) is 6.71. The second-order valence-electron chi connectivity index (χ2n) is 10.5. The van der Waals surface area contributed by atoms with Crippen molar-refractivity contribution in [2.24, 2.45) is 12.5 Å². The van der Waals surface area contributed by atoms with Gasteiger partial charge in [0.15, 0.2) is 0 Å². The van der Waals surface area contributed by atoms with Crippen LogP contribution in [0.4, 0.5) is 0 Å². The second kappa shape index (κ2) is 11.5. The Morgan fingerprint density at radius 1 is 1.36 bits per heavy atom. The Morgan fingerprint density at radius 2 is 2.10 bits per heavy atom. The summed E-state index contributed by atoms with van der Waals surface area (Å²) in [7, 11) is 3.32. The number of aliphatic hydroxyl groups excluding tert-OH is 1. The van der Waals surface area contributed by atoms with Crippen LogP contribution in [-0.2, 0) is 18.4 Å². The molecule has 39 heavy (non-hydrogen) atoms. The van der Waals surface area contributed by atoms with Gasteiger partial charge in [-0.3, -0.25) is 21.0 Å². The molecule has 206 valence electrons. The summed E-state index contributed by atoms with van der Waals surface area (Å²) in [4.78, 5) is 16.4. The molecule has 13 heteroatoms. The van der Waals surface area contributed by atoms with Crippen molar-refractivity contribution in [2.75, 3.05) is 26.7 Å². The van der Waals surface area contributed by atoms with E-state index in [1.807, 2.05) is 19.2 Å². The Kier molecular flexibility index (Phi) is 8.68. The summed E-state index contributed by atoms with van der Waals surface area (Å²) >= 11 is 1.48. The van der Waals surface area contributed by atoms with Crippen LogP contribution in [0.15, 0.2) is 36.1 Å². The van der Waals surface area contributed by atoms with Gasteiger partial charge in [0.05, 0.1) is 48.1 Å². The first-order valence-corrected chi connectivity index (χ1v) is 13.2. The fraction of sp³-hybridized carbons (Fsp3) is 0.423. The number of hydrogen-bond acceptors (Lipinski definition) is 9. The van der Waals surface area contributed by atoms with E-state index in [1.54, 1.807) is 35.8 Å². The molecule has 3 aromatic rings. The minimum absolute atomic E-state index is 0. The van der Waals surface area contributed by atoms with Crippen LogP contribution in [-0.4, -0.2) is 68.1 Å². The Labute approximate surface area is 255 Å². The summed E-state index contributed by atoms with van der Waals surface area (Å²) in [6.45, 7) is 15.0. The van der Waals surface area contributed by atoms with Gasteiger partial charge in [0.25, 0.3) is 0 Å². The van der Waals surface area contributed by atoms with E-state index in [2.05, 4.69) is 44.9 Å². The van der Waals surface area contributed by atoms with Gasteiger partial charge >= 0.3 is 0 Å². The quantitative estimate of drug-likeness (QED) is 0.244. The van der Waals surface area contributed by atoms with Crippen LogP contribution in [0.5, 0.6) is 5.88 Å². The predicted molar refractivity (Wildman–Crippen MR) is 146 cm³/mol. The van der Waals surface area contributed by atoms with Crippen LogP contribution in [0.2, 0.25) is 0 Å². The Bertz CT molecular complexity index is 1460. The van der Waals surface area contributed by atoms with Crippen LogP contribution in [0.3, 0.4) is 0 Å². The van der Waals surface area contributed by atoms with E-state index in [-0.39, 0.29) is 55.1 Å². The number of aromatic nitrogens is 4. The van der Waals surface area contributed by atoms with E-state index >= 15 is 0 Å². The summed E-state index contributed by atoms with van der Waals surface area (Å²) in [5.41, 5.74) is 4.31. The van der Waals surface area contributed by atoms with E-state index in [0.717, 1.165) is 39.6 Å². The average Bonchev–Trinajstić information content (AvgIpc) is 3.51. The maximum absolute atomic E-state index is 12.5. The number of carbonyl (C=O) groups is 1. The van der Waals surface area contributed by atoms with Gasteiger partial charge < -0.3 is 25.8 Å². The first-order chi connectivity index (χ1) is 18.1. The van der Waals surface area contributed by atoms with Crippen molar-refractivity contribution in [3.05, 3.63) is 53.9 Å². The molecule has 0 bridgehead atoms. The number of carbonyl (C=O) groups excluding carboxylic acids is 1. The normalized spacial score (nSPS) is 18.4. The number of nitrogens with one attached hydrogen (secondary N) is 3. The van der Waals surface area contributed by atoms with Crippen LogP contribution in [0, 0.1) is 43.1 Å². The maximum atomic E-state index is 12.5. The minimum atomic E-state index is -0.174. The van der Waals surface area contributed by atoms with E-state index in [1.165, 1.54) is 11.3 Å². The van der Waals surface area contributed by atoms with Crippen molar-refractivity contribution in [1.29, 1.82) is 0 Å². The van der Waals surface area contributed by atoms with Gasteiger partial charge in [-0.05, 0) is 24.6 Å². The van der Waals surface area contributed by atoms with E-state index < -0.39 is 0 Å². The summed E-state index contributed by atoms with van der Waals surface area (Å²) in [6.07, 6.45) is 7.27. The molecular formula is C26H33N8O3SU-. The number of allylic oxidation sites excluding steroid dienone is 1. The van der Waals surface area contributed by atoms with Crippen molar-refractivity contribution in [2.45, 2.75) is 33.4 Å². The third kappa shape index (κ3) is 5.98. The zero-order valence-corrected chi connectivity index (χ0v) is 27.7. The first-order valence-electron chi connectivity index (χ1n) is 12.4. The number of nitrogens with zero attached hydrogens (tertiary/aromatic N) is 5. The molecule has 5 heterocycles. The molecule has 3 aromatic heterocycles. The number of aliphatic hydroxyl groups is 1. The number of aryl methyl sites for hydroxylation is 1. The smallest absolute Gasteiger partial charge is 0.241 e. The fourth-order valence-corrected chi connectivity index (χ4v) is 6.08. The molecule has 0 spiro atoms. The third-order valence-corrected chi connectivity index (χ3v) is 7.84. The zero-order valence-electron chi connectivity index (χ0n) is 22.7. The van der Waals surface area contributed by atoms with E-state index in [0.29, 0.717) is 29.5 Å². The molecule has 1 saturated heterocycles. The van der Waals surface area contributed by atoms with Crippen LogP contribution in [0.25, 0.3) is 21.0 Å². The summed E-state index contributed by atoms with van der Waals surface area (Å²) in [6, 6.07) is -0.0397. The van der Waals surface area contributed by atoms with Gasteiger partial charge in [-0.2, -0.15) is 5.10 Å². The molecule has 11 nitrogen and oxygen atoms in total. The number of hydrogen-bond donors (Lipinski definition) is 4. The molecule has 2 aliphatic rings. The Balaban J connectivity index is 0.00000353. The zero-order chi connectivity index (χ0) is 27.2. The van der Waals surface area contributed by atoms with Gasteiger partial charge in [-0.1, -0.05) is 19.4 Å². The van der Waals surface area contributed by atoms with Crippen molar-refractivity contribution < 1.29 is 45.8 Å². The molecule has 0 radical (unpaired) electrons. The molecule has 4 N–H and O–H groups in total. The molecule has 1 fully saturated rings. The number of rotatable bonds is 9. The van der Waals surface area contributed by atoms with Crippen LogP contribution in [0.1, 0.15) is 32.0 Å². The van der Waals surface area contributed by atoms with E-state index in [9.17, 15) is 9.90 Å². The van der Waals surface area contributed by atoms with Gasteiger partial charge in [-0.15, -0.1) is 22.1 Å². The topological polar surface area (TPSA) is 121 Å². The number of likely N-dealkylation sites (tertiary alicyclic amines) is 1. The van der Waals surface area contributed by atoms with Gasteiger partial charge in [0, 0.05) is 74.2 Å². The van der Waals surface area contributed by atoms with Crippen molar-refractivity contribution in [3.63, 3.8) is 0 Å². The second-order valence-corrected chi connectivity index (χ2v) is 11.5. The van der Waals surface area contributed by atoms with Crippen molar-refractivity contribution in [3.8, 4) is 16.3 Å². The Morgan fingerprint density at radius 3 is 2.77 bits per heavy atom. The SMILES string of the molecule is [CH-]=C(NC1=CC(NC(=O)CN2CC(C)(C)C2)=CNC1C)c1cnn2cc(-c3c(OC)nn(C)c3CO)sc12.[U]. The number of thiazole rings is 1. The largest absolute Gasteiger partial charge is 0.479 e. The molecule has 1 atom stereocenters. The van der Waals surface area contributed by atoms with Crippen LogP contribution < -0.4 is 20.7 Å². The maximum Gasteiger partial charge on any atom is 0.241 e. The number of methoxy groups -OCH3 is 1. The number of ether oxygens (including phenoxy) is 1. The molecule has 1 unspecified atom stereocenters. The number of dihydropyridines is 1. The predicted octanol–water partition coefficient (Wildman–Crippen LogP) is 1.84. The molecular weight excluding hydrogens is 742 g/mol. The number of fused-ring (bicyclic) bond motifs is 1. The molecule has 0 aromatic carbocycles. The standard InChI is InChI=1S/C26H33N8O3S.U/c1-15(29-19-7-17(8-27-16(19)2)30-22(36)11-33-13-26(3,4)14-33)18-9-28-34-10-21(38-25(18)34)23-20(12-35)32(5)31-24(23)37-6;/h1,7-10,16,27,29,35H,11-14H2,2-6H3,(H,30,36);/q-1;. The first kappa shape index (κ1) is 29.4. The fourth-order valence-electron chi connectivity index (χ4n) is 4.95. The number of amides is 1. The summed E-state index contributed by atoms with van der Waals surface area (Å²) in [5.74, 6) is 0.386. The molecule has 0 aliphatic carbocycles.